The van der Waals surface area contributed by atoms with E-state index >= 15 is 0 Å². The van der Waals surface area contributed by atoms with Crippen LogP contribution in [0.2, 0.25) is 0 Å². The first kappa shape index (κ1) is 16.2. The highest BCUT2D eigenvalue weighted by atomic mass is 15.3. The molecule has 0 aromatic heterocycles. The van der Waals surface area contributed by atoms with E-state index in [1.807, 2.05) is 0 Å². The normalized spacial score (nSPS) is 18.8. The Bertz CT molecular complexity index is 304. The number of allylic oxidation sites excluding steroid dienone is 2. The van der Waals surface area contributed by atoms with Crippen LogP contribution in [0.15, 0.2) is 11.6 Å². The van der Waals surface area contributed by atoms with Crippen molar-refractivity contribution < 1.29 is 0 Å². The molecule has 1 fully saturated rings. The van der Waals surface area contributed by atoms with Crippen LogP contribution in [0.4, 0.5) is 0 Å². The molecule has 0 saturated carbocycles. The molecule has 0 N–H and O–H groups in total. The molecule has 1 atom stereocenters. The van der Waals surface area contributed by atoms with Crippen molar-refractivity contribution in [3.05, 3.63) is 11.6 Å². The summed E-state index contributed by atoms with van der Waals surface area (Å²) in [4.78, 5) is 4.79. The summed E-state index contributed by atoms with van der Waals surface area (Å²) in [6.07, 6.45) is 6.17. The average Bonchev–Trinajstić information content (AvgIpc) is 2.38. The Labute approximate surface area is 118 Å². The second-order valence-electron chi connectivity index (χ2n) is 6.03. The summed E-state index contributed by atoms with van der Waals surface area (Å²) in [5.74, 6) is 0.813. The van der Waals surface area contributed by atoms with Crippen LogP contribution in [0.25, 0.3) is 0 Å². The summed E-state index contributed by atoms with van der Waals surface area (Å²) >= 11 is 0. The van der Waals surface area contributed by atoms with E-state index in [1.54, 1.807) is 0 Å². The van der Waals surface area contributed by atoms with Crippen LogP contribution in [0.1, 0.15) is 40.0 Å². The molecule has 3 nitrogen and oxygen atoms in total. The van der Waals surface area contributed by atoms with Gasteiger partial charge in [0.2, 0.25) is 0 Å². The van der Waals surface area contributed by atoms with E-state index in [0.717, 1.165) is 32.1 Å². The average molecular weight is 263 g/mol. The molecule has 0 aromatic carbocycles. The maximum atomic E-state index is 8.67. The molecule has 0 spiro atoms. The van der Waals surface area contributed by atoms with E-state index in [2.05, 4.69) is 42.7 Å². The lowest BCUT2D eigenvalue weighted by atomic mass is 10.0. The first-order chi connectivity index (χ1) is 9.11. The summed E-state index contributed by atoms with van der Waals surface area (Å²) in [5.41, 5.74) is 1.43. The molecule has 0 aromatic rings. The smallest absolute Gasteiger partial charge is 0.0866 e. The maximum Gasteiger partial charge on any atom is 0.0866 e. The van der Waals surface area contributed by atoms with Crippen molar-refractivity contribution in [2.45, 2.75) is 40.0 Å². The van der Waals surface area contributed by atoms with Gasteiger partial charge in [-0.1, -0.05) is 18.6 Å². The Kier molecular flexibility index (Phi) is 7.78. The SMILES string of the molecule is CC(C)=CCCC(C)CCN1CCN(CC#N)CC1. The van der Waals surface area contributed by atoms with Gasteiger partial charge < -0.3 is 4.90 Å². The van der Waals surface area contributed by atoms with Crippen LogP contribution >= 0.6 is 0 Å². The highest BCUT2D eigenvalue weighted by Crippen LogP contribution is 2.13. The van der Waals surface area contributed by atoms with Crippen molar-refractivity contribution in [2.24, 2.45) is 5.92 Å². The molecule has 1 heterocycles. The van der Waals surface area contributed by atoms with Gasteiger partial charge in [-0.05, 0) is 45.6 Å². The van der Waals surface area contributed by atoms with Crippen LogP contribution in [0.3, 0.4) is 0 Å². The fraction of sp³-hybridized carbons (Fsp3) is 0.812. The monoisotopic (exact) mass is 263 g/mol. The zero-order valence-corrected chi connectivity index (χ0v) is 12.9. The van der Waals surface area contributed by atoms with E-state index in [4.69, 9.17) is 5.26 Å². The predicted molar refractivity (Wildman–Crippen MR) is 80.9 cm³/mol. The zero-order chi connectivity index (χ0) is 14.1. The Balaban J connectivity index is 2.10. The first-order valence-electron chi connectivity index (χ1n) is 7.57. The second kappa shape index (κ2) is 9.12. The number of nitriles is 1. The number of nitrogens with zero attached hydrogens (tertiary/aromatic N) is 3. The predicted octanol–water partition coefficient (Wildman–Crippen LogP) is 2.90. The minimum Gasteiger partial charge on any atom is -0.301 e. The summed E-state index contributed by atoms with van der Waals surface area (Å²) < 4.78 is 0. The fourth-order valence-corrected chi connectivity index (χ4v) is 2.47. The van der Waals surface area contributed by atoms with Gasteiger partial charge >= 0.3 is 0 Å². The number of rotatable bonds is 7. The van der Waals surface area contributed by atoms with Crippen molar-refractivity contribution in [1.29, 1.82) is 5.26 Å². The fourth-order valence-electron chi connectivity index (χ4n) is 2.47. The molecule has 108 valence electrons. The van der Waals surface area contributed by atoms with Crippen LogP contribution in [0.5, 0.6) is 0 Å². The molecule has 0 bridgehead atoms. The molecule has 1 aliphatic rings. The van der Waals surface area contributed by atoms with Gasteiger partial charge in [0.1, 0.15) is 0 Å². The topological polar surface area (TPSA) is 30.3 Å². The molecule has 1 saturated heterocycles. The third-order valence-electron chi connectivity index (χ3n) is 3.91. The van der Waals surface area contributed by atoms with E-state index < -0.39 is 0 Å². The third kappa shape index (κ3) is 7.34. The van der Waals surface area contributed by atoms with Crippen molar-refractivity contribution >= 4 is 0 Å². The Hall–Kier alpha value is -0.850. The van der Waals surface area contributed by atoms with Crippen molar-refractivity contribution in [1.82, 2.24) is 9.80 Å². The van der Waals surface area contributed by atoms with Gasteiger partial charge in [0, 0.05) is 26.2 Å². The molecule has 1 unspecified atom stereocenters. The molecule has 1 rings (SSSR count). The lowest BCUT2D eigenvalue weighted by Crippen LogP contribution is -2.46. The van der Waals surface area contributed by atoms with Crippen LogP contribution in [-0.2, 0) is 0 Å². The zero-order valence-electron chi connectivity index (χ0n) is 12.9. The van der Waals surface area contributed by atoms with Crippen molar-refractivity contribution in [2.75, 3.05) is 39.3 Å². The Morgan fingerprint density at radius 1 is 1.16 bits per heavy atom. The van der Waals surface area contributed by atoms with Gasteiger partial charge in [0.05, 0.1) is 12.6 Å². The summed E-state index contributed by atoms with van der Waals surface area (Å²) in [6.45, 7) is 12.9. The minimum atomic E-state index is 0.590. The van der Waals surface area contributed by atoms with Gasteiger partial charge in [0.25, 0.3) is 0 Å². The third-order valence-corrected chi connectivity index (χ3v) is 3.91. The minimum absolute atomic E-state index is 0.590. The maximum absolute atomic E-state index is 8.67. The molecule has 0 radical (unpaired) electrons. The van der Waals surface area contributed by atoms with E-state index in [1.165, 1.54) is 31.4 Å². The second-order valence-corrected chi connectivity index (χ2v) is 6.03. The molecule has 0 amide bonds. The van der Waals surface area contributed by atoms with Crippen LogP contribution in [-0.4, -0.2) is 49.1 Å². The number of hydrogen-bond acceptors (Lipinski definition) is 3. The quantitative estimate of drug-likeness (QED) is 0.522. The van der Waals surface area contributed by atoms with Crippen LogP contribution in [0, 0.1) is 17.2 Å². The van der Waals surface area contributed by atoms with Gasteiger partial charge in [-0.3, -0.25) is 4.90 Å². The highest BCUT2D eigenvalue weighted by molar-refractivity contribution is 4.92. The van der Waals surface area contributed by atoms with Gasteiger partial charge in [0.15, 0.2) is 0 Å². The van der Waals surface area contributed by atoms with Crippen molar-refractivity contribution in [3.8, 4) is 6.07 Å². The summed E-state index contributed by atoms with van der Waals surface area (Å²) in [5, 5.41) is 8.67. The molecule has 0 aliphatic carbocycles. The summed E-state index contributed by atoms with van der Waals surface area (Å²) in [7, 11) is 0. The van der Waals surface area contributed by atoms with Crippen LogP contribution < -0.4 is 0 Å². The molecule has 3 heteroatoms. The Morgan fingerprint density at radius 3 is 2.37 bits per heavy atom. The lowest BCUT2D eigenvalue weighted by Gasteiger charge is -2.33. The summed E-state index contributed by atoms with van der Waals surface area (Å²) in [6, 6.07) is 2.24. The lowest BCUT2D eigenvalue weighted by molar-refractivity contribution is 0.137. The number of piperazine rings is 1. The highest BCUT2D eigenvalue weighted by Gasteiger charge is 2.16. The molecule has 19 heavy (non-hydrogen) atoms. The van der Waals surface area contributed by atoms with E-state index in [9.17, 15) is 0 Å². The number of hydrogen-bond donors (Lipinski definition) is 0. The Morgan fingerprint density at radius 2 is 1.79 bits per heavy atom. The van der Waals surface area contributed by atoms with Gasteiger partial charge in [-0.15, -0.1) is 0 Å². The molecular formula is C16H29N3. The van der Waals surface area contributed by atoms with Gasteiger partial charge in [-0.2, -0.15) is 5.26 Å². The first-order valence-corrected chi connectivity index (χ1v) is 7.57. The largest absolute Gasteiger partial charge is 0.301 e. The molecule has 1 aliphatic heterocycles. The van der Waals surface area contributed by atoms with E-state index in [-0.39, 0.29) is 0 Å². The molecular weight excluding hydrogens is 234 g/mol. The van der Waals surface area contributed by atoms with E-state index in [0.29, 0.717) is 6.54 Å². The van der Waals surface area contributed by atoms with Gasteiger partial charge in [-0.25, -0.2) is 0 Å². The standard InChI is InChI=1S/C16H29N3/c1-15(2)5-4-6-16(3)7-9-18-11-13-19(10-8-17)14-12-18/h5,16H,4,6-7,9-14H2,1-3H3. The van der Waals surface area contributed by atoms with Crippen molar-refractivity contribution in [3.63, 3.8) is 0 Å².